The van der Waals surface area contributed by atoms with E-state index in [-0.39, 0.29) is 12.4 Å². The number of ether oxygens (including phenoxy) is 1. The lowest BCUT2D eigenvalue weighted by molar-refractivity contribution is 0.00309. The third-order valence-corrected chi connectivity index (χ3v) is 2.16. The third kappa shape index (κ3) is 4.13. The van der Waals surface area contributed by atoms with Gasteiger partial charge in [-0.25, -0.2) is 4.39 Å². The summed E-state index contributed by atoms with van der Waals surface area (Å²) in [4.78, 5) is 4.99. The zero-order valence-electron chi connectivity index (χ0n) is 8.43. The summed E-state index contributed by atoms with van der Waals surface area (Å²) in [7, 11) is 1.58. The molecule has 0 aliphatic heterocycles. The SMILES string of the molecule is COCCONCc1c(F)cccc1Cl. The summed E-state index contributed by atoms with van der Waals surface area (Å²) in [6.45, 7) is 1.12. The monoisotopic (exact) mass is 233 g/mol. The smallest absolute Gasteiger partial charge is 0.129 e. The van der Waals surface area contributed by atoms with Gasteiger partial charge in [-0.1, -0.05) is 17.7 Å². The number of benzene rings is 1. The molecule has 0 aliphatic carbocycles. The molecule has 0 aromatic heterocycles. The van der Waals surface area contributed by atoms with Crippen molar-refractivity contribution in [2.75, 3.05) is 20.3 Å². The quantitative estimate of drug-likeness (QED) is 0.603. The second-order valence-corrected chi connectivity index (χ2v) is 3.27. The summed E-state index contributed by atoms with van der Waals surface area (Å²) in [6.07, 6.45) is 0. The predicted molar refractivity (Wildman–Crippen MR) is 56.1 cm³/mol. The van der Waals surface area contributed by atoms with E-state index < -0.39 is 0 Å². The van der Waals surface area contributed by atoms with E-state index in [0.29, 0.717) is 23.8 Å². The molecule has 0 heterocycles. The van der Waals surface area contributed by atoms with Crippen LogP contribution >= 0.6 is 11.6 Å². The normalized spacial score (nSPS) is 10.6. The summed E-state index contributed by atoms with van der Waals surface area (Å²) >= 11 is 5.81. The highest BCUT2D eigenvalue weighted by atomic mass is 35.5. The van der Waals surface area contributed by atoms with Crippen LogP contribution in [0, 0.1) is 5.82 Å². The number of hydrogen-bond donors (Lipinski definition) is 1. The Morgan fingerprint density at radius 2 is 2.20 bits per heavy atom. The second kappa shape index (κ2) is 6.74. The van der Waals surface area contributed by atoms with Gasteiger partial charge in [-0.2, -0.15) is 5.48 Å². The summed E-state index contributed by atoms with van der Waals surface area (Å²) in [5, 5.41) is 0.387. The Morgan fingerprint density at radius 3 is 2.87 bits per heavy atom. The van der Waals surface area contributed by atoms with Crippen molar-refractivity contribution in [3.63, 3.8) is 0 Å². The molecule has 0 amide bonds. The maximum atomic E-state index is 13.2. The first-order valence-electron chi connectivity index (χ1n) is 4.52. The van der Waals surface area contributed by atoms with Crippen LogP contribution in [0.5, 0.6) is 0 Å². The average molecular weight is 234 g/mol. The molecule has 0 bridgehead atoms. The first-order valence-corrected chi connectivity index (χ1v) is 4.90. The standard InChI is InChI=1S/C10H13ClFNO2/c1-14-5-6-15-13-7-8-9(11)3-2-4-10(8)12/h2-4,13H,5-7H2,1H3. The fourth-order valence-corrected chi connectivity index (χ4v) is 1.25. The van der Waals surface area contributed by atoms with E-state index >= 15 is 0 Å². The van der Waals surface area contributed by atoms with Gasteiger partial charge in [0.15, 0.2) is 0 Å². The summed E-state index contributed by atoms with van der Waals surface area (Å²) in [5.74, 6) is -0.342. The van der Waals surface area contributed by atoms with Gasteiger partial charge in [0, 0.05) is 17.7 Å². The van der Waals surface area contributed by atoms with Gasteiger partial charge in [0.05, 0.1) is 19.8 Å². The van der Waals surface area contributed by atoms with E-state index in [2.05, 4.69) is 5.48 Å². The van der Waals surface area contributed by atoms with E-state index in [1.807, 2.05) is 0 Å². The van der Waals surface area contributed by atoms with Crippen molar-refractivity contribution >= 4 is 11.6 Å². The Bertz CT molecular complexity index is 289. The lowest BCUT2D eigenvalue weighted by Crippen LogP contribution is -2.18. The molecule has 0 fully saturated rings. The molecule has 0 saturated carbocycles. The molecule has 0 radical (unpaired) electrons. The first kappa shape index (κ1) is 12.4. The van der Waals surface area contributed by atoms with Gasteiger partial charge in [0.2, 0.25) is 0 Å². The highest BCUT2D eigenvalue weighted by Crippen LogP contribution is 2.18. The van der Waals surface area contributed by atoms with E-state index in [0.717, 1.165) is 0 Å². The van der Waals surface area contributed by atoms with Crippen molar-refractivity contribution in [2.24, 2.45) is 0 Å². The van der Waals surface area contributed by atoms with Crippen LogP contribution in [0.25, 0.3) is 0 Å². The topological polar surface area (TPSA) is 30.5 Å². The number of methoxy groups -OCH3 is 1. The molecule has 0 aliphatic rings. The van der Waals surface area contributed by atoms with Crippen LogP contribution in [0.15, 0.2) is 18.2 Å². The lowest BCUT2D eigenvalue weighted by atomic mass is 10.2. The van der Waals surface area contributed by atoms with Crippen molar-refractivity contribution in [3.8, 4) is 0 Å². The summed E-state index contributed by atoms with van der Waals surface area (Å²) < 4.78 is 18.0. The fourth-order valence-electron chi connectivity index (χ4n) is 1.02. The largest absolute Gasteiger partial charge is 0.382 e. The maximum absolute atomic E-state index is 13.2. The van der Waals surface area contributed by atoms with E-state index in [9.17, 15) is 4.39 Å². The van der Waals surface area contributed by atoms with Gasteiger partial charge in [-0.3, -0.25) is 4.84 Å². The zero-order valence-corrected chi connectivity index (χ0v) is 9.18. The van der Waals surface area contributed by atoms with Crippen molar-refractivity contribution in [3.05, 3.63) is 34.6 Å². The third-order valence-electron chi connectivity index (χ3n) is 1.80. The number of hydrogen-bond acceptors (Lipinski definition) is 3. The minimum absolute atomic E-state index is 0.231. The highest BCUT2D eigenvalue weighted by molar-refractivity contribution is 6.31. The molecule has 1 rings (SSSR count). The molecule has 1 aromatic carbocycles. The van der Waals surface area contributed by atoms with Crippen LogP contribution in [0.4, 0.5) is 4.39 Å². The molecule has 5 heteroatoms. The van der Waals surface area contributed by atoms with Crippen molar-refractivity contribution in [1.82, 2.24) is 5.48 Å². The van der Waals surface area contributed by atoms with Crippen molar-refractivity contribution in [1.29, 1.82) is 0 Å². The van der Waals surface area contributed by atoms with Gasteiger partial charge in [0.1, 0.15) is 5.82 Å². The van der Waals surface area contributed by atoms with Crippen LogP contribution in [0.2, 0.25) is 5.02 Å². The fraction of sp³-hybridized carbons (Fsp3) is 0.400. The van der Waals surface area contributed by atoms with Gasteiger partial charge < -0.3 is 4.74 Å². The van der Waals surface area contributed by atoms with Crippen LogP contribution in [-0.2, 0) is 16.1 Å². The molecule has 1 aromatic rings. The maximum Gasteiger partial charge on any atom is 0.129 e. The summed E-state index contributed by atoms with van der Waals surface area (Å²) in [6, 6.07) is 4.56. The van der Waals surface area contributed by atoms with E-state index in [1.165, 1.54) is 6.07 Å². The van der Waals surface area contributed by atoms with Crippen molar-refractivity contribution in [2.45, 2.75) is 6.54 Å². The van der Waals surface area contributed by atoms with Crippen LogP contribution in [-0.4, -0.2) is 20.3 Å². The Balaban J connectivity index is 2.37. The number of rotatable bonds is 6. The Morgan fingerprint density at radius 1 is 1.40 bits per heavy atom. The highest BCUT2D eigenvalue weighted by Gasteiger charge is 2.05. The van der Waals surface area contributed by atoms with E-state index in [1.54, 1.807) is 19.2 Å². The molecular weight excluding hydrogens is 221 g/mol. The molecular formula is C10H13ClFNO2. The molecule has 1 N–H and O–H groups in total. The number of halogens is 2. The van der Waals surface area contributed by atoms with Crippen LogP contribution < -0.4 is 5.48 Å². The van der Waals surface area contributed by atoms with Crippen LogP contribution in [0.1, 0.15) is 5.56 Å². The number of nitrogens with one attached hydrogen (secondary N) is 1. The van der Waals surface area contributed by atoms with E-state index in [4.69, 9.17) is 21.2 Å². The van der Waals surface area contributed by atoms with Gasteiger partial charge in [0.25, 0.3) is 0 Å². The molecule has 15 heavy (non-hydrogen) atoms. The van der Waals surface area contributed by atoms with Crippen molar-refractivity contribution < 1.29 is 14.0 Å². The van der Waals surface area contributed by atoms with Gasteiger partial charge in [-0.05, 0) is 12.1 Å². The Labute approximate surface area is 93.1 Å². The minimum Gasteiger partial charge on any atom is -0.382 e. The number of hydroxylamine groups is 1. The summed E-state index contributed by atoms with van der Waals surface area (Å²) in [5.41, 5.74) is 3.01. The molecule has 0 spiro atoms. The second-order valence-electron chi connectivity index (χ2n) is 2.86. The molecule has 0 atom stereocenters. The molecule has 0 saturated heterocycles. The zero-order chi connectivity index (χ0) is 11.1. The Kier molecular flexibility index (Phi) is 5.57. The molecule has 0 unspecified atom stereocenters. The van der Waals surface area contributed by atoms with Gasteiger partial charge in [-0.15, -0.1) is 0 Å². The molecule has 3 nitrogen and oxygen atoms in total. The first-order chi connectivity index (χ1) is 7.25. The molecule has 84 valence electrons. The van der Waals surface area contributed by atoms with Gasteiger partial charge >= 0.3 is 0 Å². The Hall–Kier alpha value is -0.680. The minimum atomic E-state index is -0.342. The lowest BCUT2D eigenvalue weighted by Gasteiger charge is -2.07. The predicted octanol–water partition coefficient (Wildman–Crippen LogP) is 2.15. The van der Waals surface area contributed by atoms with Crippen LogP contribution in [0.3, 0.4) is 0 Å². The average Bonchev–Trinajstić information content (AvgIpc) is 2.21.